The Bertz CT molecular complexity index is 302. The first kappa shape index (κ1) is 15.5. The fraction of sp³-hybridized carbons (Fsp3) is 0.667. The summed E-state index contributed by atoms with van der Waals surface area (Å²) in [5, 5.41) is 14.5. The van der Waals surface area contributed by atoms with Gasteiger partial charge in [0.1, 0.15) is 11.6 Å². The molecule has 0 aromatic rings. The summed E-state index contributed by atoms with van der Waals surface area (Å²) in [6.45, 7) is 11.2. The zero-order valence-electron chi connectivity index (χ0n) is 10.9. The van der Waals surface area contributed by atoms with Crippen molar-refractivity contribution in [2.45, 2.75) is 45.4 Å². The van der Waals surface area contributed by atoms with Crippen LogP contribution < -0.4 is 10.6 Å². The molecule has 0 rings (SSSR count). The summed E-state index contributed by atoms with van der Waals surface area (Å²) < 4.78 is 5.10. The predicted molar refractivity (Wildman–Crippen MR) is 66.4 cm³/mol. The quantitative estimate of drug-likeness (QED) is 0.714. The number of rotatable bonds is 5. The Morgan fingerprint density at radius 3 is 2.59 bits per heavy atom. The van der Waals surface area contributed by atoms with Gasteiger partial charge >= 0.3 is 6.09 Å². The molecule has 0 aliphatic heterocycles. The van der Waals surface area contributed by atoms with Gasteiger partial charge in [-0.3, -0.25) is 5.32 Å². The van der Waals surface area contributed by atoms with Crippen LogP contribution in [0.1, 0.15) is 27.7 Å². The molecule has 0 aromatic heterocycles. The summed E-state index contributed by atoms with van der Waals surface area (Å²) in [7, 11) is 0. The third kappa shape index (κ3) is 7.36. The van der Waals surface area contributed by atoms with Crippen molar-refractivity contribution in [1.29, 1.82) is 5.26 Å². The van der Waals surface area contributed by atoms with Gasteiger partial charge in [-0.25, -0.2) is 4.79 Å². The highest BCUT2D eigenvalue weighted by Crippen LogP contribution is 2.07. The number of amides is 1. The van der Waals surface area contributed by atoms with E-state index in [2.05, 4.69) is 23.3 Å². The lowest BCUT2D eigenvalue weighted by Crippen LogP contribution is -2.48. The standard InChI is InChI=1S/C12H21N3O2/c1-6-7-14-10(8-13)9(2)15-11(16)17-12(3,4)5/h6,9-10,14H,1,7H2,2-5H3,(H,15,16). The van der Waals surface area contributed by atoms with Crippen LogP contribution in [0, 0.1) is 11.3 Å². The van der Waals surface area contributed by atoms with Crippen LogP contribution in [0.15, 0.2) is 12.7 Å². The number of hydrogen-bond acceptors (Lipinski definition) is 4. The van der Waals surface area contributed by atoms with Crippen LogP contribution in [0.5, 0.6) is 0 Å². The van der Waals surface area contributed by atoms with Gasteiger partial charge in [0, 0.05) is 6.54 Å². The van der Waals surface area contributed by atoms with E-state index >= 15 is 0 Å². The highest BCUT2D eigenvalue weighted by Gasteiger charge is 2.21. The molecule has 0 bridgehead atoms. The van der Waals surface area contributed by atoms with Crippen LogP contribution in [0.4, 0.5) is 4.79 Å². The average molecular weight is 239 g/mol. The summed E-state index contributed by atoms with van der Waals surface area (Å²) in [4.78, 5) is 11.5. The first-order valence-corrected chi connectivity index (χ1v) is 5.53. The lowest BCUT2D eigenvalue weighted by Gasteiger charge is -2.24. The number of nitrogens with zero attached hydrogens (tertiary/aromatic N) is 1. The van der Waals surface area contributed by atoms with Crippen molar-refractivity contribution >= 4 is 6.09 Å². The van der Waals surface area contributed by atoms with Crippen LogP contribution in [-0.2, 0) is 4.74 Å². The second kappa shape index (κ2) is 6.92. The molecule has 0 saturated heterocycles. The van der Waals surface area contributed by atoms with Crippen molar-refractivity contribution in [2.24, 2.45) is 0 Å². The molecule has 0 aromatic carbocycles. The Hall–Kier alpha value is -1.54. The van der Waals surface area contributed by atoms with Crippen molar-refractivity contribution in [3.05, 3.63) is 12.7 Å². The number of carbonyl (C=O) groups excluding carboxylic acids is 1. The molecule has 0 aliphatic carbocycles. The van der Waals surface area contributed by atoms with Crippen LogP contribution >= 0.6 is 0 Å². The number of carbonyl (C=O) groups is 1. The zero-order chi connectivity index (χ0) is 13.5. The maximum atomic E-state index is 11.5. The van der Waals surface area contributed by atoms with Gasteiger partial charge < -0.3 is 10.1 Å². The van der Waals surface area contributed by atoms with Crippen molar-refractivity contribution in [1.82, 2.24) is 10.6 Å². The van der Waals surface area contributed by atoms with Crippen LogP contribution in [0.2, 0.25) is 0 Å². The maximum absolute atomic E-state index is 11.5. The first-order valence-electron chi connectivity index (χ1n) is 5.53. The topological polar surface area (TPSA) is 74.2 Å². The molecule has 96 valence electrons. The highest BCUT2D eigenvalue weighted by molar-refractivity contribution is 5.68. The Morgan fingerprint density at radius 2 is 2.18 bits per heavy atom. The molecule has 0 heterocycles. The van der Waals surface area contributed by atoms with Crippen molar-refractivity contribution < 1.29 is 9.53 Å². The summed E-state index contributed by atoms with van der Waals surface area (Å²) in [6.07, 6.45) is 1.13. The van der Waals surface area contributed by atoms with E-state index in [1.165, 1.54) is 0 Å². The smallest absolute Gasteiger partial charge is 0.407 e. The lowest BCUT2D eigenvalue weighted by atomic mass is 10.1. The number of ether oxygens (including phenoxy) is 1. The van der Waals surface area contributed by atoms with Crippen molar-refractivity contribution in [3.8, 4) is 6.07 Å². The maximum Gasteiger partial charge on any atom is 0.407 e. The number of nitrogens with one attached hydrogen (secondary N) is 2. The van der Waals surface area contributed by atoms with Crippen LogP contribution in [-0.4, -0.2) is 30.3 Å². The van der Waals surface area contributed by atoms with E-state index < -0.39 is 17.7 Å². The molecule has 17 heavy (non-hydrogen) atoms. The molecule has 2 atom stereocenters. The molecule has 0 fully saturated rings. The van der Waals surface area contributed by atoms with Gasteiger partial charge in [0.05, 0.1) is 12.1 Å². The molecule has 5 heteroatoms. The lowest BCUT2D eigenvalue weighted by molar-refractivity contribution is 0.0503. The van der Waals surface area contributed by atoms with Crippen LogP contribution in [0.25, 0.3) is 0 Å². The predicted octanol–water partition coefficient (Wildman–Crippen LogP) is 1.57. The van der Waals surface area contributed by atoms with Crippen LogP contribution in [0.3, 0.4) is 0 Å². The van der Waals surface area contributed by atoms with Gasteiger partial charge in [0.25, 0.3) is 0 Å². The molecule has 2 N–H and O–H groups in total. The van der Waals surface area contributed by atoms with E-state index in [4.69, 9.17) is 10.00 Å². The second-order valence-electron chi connectivity index (χ2n) is 4.74. The molecule has 2 unspecified atom stereocenters. The fourth-order valence-electron chi connectivity index (χ4n) is 1.12. The van der Waals surface area contributed by atoms with Crippen molar-refractivity contribution in [3.63, 3.8) is 0 Å². The molecule has 0 saturated carbocycles. The van der Waals surface area contributed by atoms with Gasteiger partial charge in [0.15, 0.2) is 0 Å². The molecule has 0 spiro atoms. The Kier molecular flexibility index (Phi) is 6.29. The minimum Gasteiger partial charge on any atom is -0.444 e. The highest BCUT2D eigenvalue weighted by atomic mass is 16.6. The number of alkyl carbamates (subject to hydrolysis) is 1. The fourth-order valence-corrected chi connectivity index (χ4v) is 1.12. The summed E-state index contributed by atoms with van der Waals surface area (Å²) in [5.74, 6) is 0. The molecule has 0 radical (unpaired) electrons. The van der Waals surface area contributed by atoms with E-state index in [1.54, 1.807) is 33.8 Å². The van der Waals surface area contributed by atoms with E-state index in [0.29, 0.717) is 6.54 Å². The first-order chi connectivity index (χ1) is 7.80. The monoisotopic (exact) mass is 239 g/mol. The molecule has 0 aliphatic rings. The average Bonchev–Trinajstić information content (AvgIpc) is 2.15. The van der Waals surface area contributed by atoms with Gasteiger partial charge in [-0.2, -0.15) is 5.26 Å². The Morgan fingerprint density at radius 1 is 1.59 bits per heavy atom. The molecular formula is C12H21N3O2. The molecule has 5 nitrogen and oxygen atoms in total. The third-order valence-electron chi connectivity index (χ3n) is 1.87. The normalized spacial score (nSPS) is 14.3. The second-order valence-corrected chi connectivity index (χ2v) is 4.74. The zero-order valence-corrected chi connectivity index (χ0v) is 10.9. The van der Waals surface area contributed by atoms with Gasteiger partial charge in [0.2, 0.25) is 0 Å². The number of nitriles is 1. The SMILES string of the molecule is C=CCNC(C#N)C(C)NC(=O)OC(C)(C)C. The Balaban J connectivity index is 4.22. The summed E-state index contributed by atoms with van der Waals surface area (Å²) >= 11 is 0. The molecule has 1 amide bonds. The Labute approximate surface area is 103 Å². The minimum absolute atomic E-state index is 0.338. The summed E-state index contributed by atoms with van der Waals surface area (Å²) in [5.41, 5.74) is -0.541. The minimum atomic E-state index is -0.541. The van der Waals surface area contributed by atoms with Gasteiger partial charge in [-0.15, -0.1) is 6.58 Å². The number of hydrogen-bond donors (Lipinski definition) is 2. The van der Waals surface area contributed by atoms with E-state index in [1.807, 2.05) is 0 Å². The van der Waals surface area contributed by atoms with Gasteiger partial charge in [-0.1, -0.05) is 6.08 Å². The summed E-state index contributed by atoms with van der Waals surface area (Å²) in [6, 6.07) is 1.27. The van der Waals surface area contributed by atoms with Gasteiger partial charge in [-0.05, 0) is 27.7 Å². The molecular weight excluding hydrogens is 218 g/mol. The van der Waals surface area contributed by atoms with E-state index in [-0.39, 0.29) is 6.04 Å². The largest absolute Gasteiger partial charge is 0.444 e. The van der Waals surface area contributed by atoms with E-state index in [0.717, 1.165) is 0 Å². The van der Waals surface area contributed by atoms with Crippen molar-refractivity contribution in [2.75, 3.05) is 6.54 Å². The van der Waals surface area contributed by atoms with E-state index in [9.17, 15) is 4.79 Å². The third-order valence-corrected chi connectivity index (χ3v) is 1.87.